The second kappa shape index (κ2) is 5.76. The first-order chi connectivity index (χ1) is 11.3. The molecule has 1 aliphatic carbocycles. The first-order valence-electron chi connectivity index (χ1n) is 7.85. The Morgan fingerprint density at radius 2 is 1.96 bits per heavy atom. The molecule has 4 rings (SSSR count). The maximum Gasteiger partial charge on any atom is 0.229 e. The molecule has 0 aliphatic heterocycles. The number of carbonyl (C=O) groups excluding carboxylic acids is 1. The Hall–Kier alpha value is -2.82. The number of hydrogen-bond acceptors (Lipinski definition) is 2. The molecule has 2 aromatic heterocycles. The van der Waals surface area contributed by atoms with Crippen molar-refractivity contribution in [3.63, 3.8) is 0 Å². The summed E-state index contributed by atoms with van der Waals surface area (Å²) in [7, 11) is 0. The van der Waals surface area contributed by atoms with Gasteiger partial charge in [0.05, 0.1) is 6.42 Å². The van der Waals surface area contributed by atoms with E-state index in [9.17, 15) is 4.79 Å². The highest BCUT2D eigenvalue weighted by Crippen LogP contribution is 2.39. The number of nitrogens with one attached hydrogen (secondary N) is 2. The molecule has 0 radical (unpaired) electrons. The largest absolute Gasteiger partial charge is 0.324 e. The molecule has 0 unspecified atom stereocenters. The Morgan fingerprint density at radius 3 is 2.65 bits per heavy atom. The van der Waals surface area contributed by atoms with E-state index >= 15 is 0 Å². The molecular weight excluding hydrogens is 288 g/mol. The Balaban J connectivity index is 1.37. The van der Waals surface area contributed by atoms with Crippen LogP contribution in [0.25, 0.3) is 5.69 Å². The minimum absolute atomic E-state index is 0.0486. The third-order valence-corrected chi connectivity index (χ3v) is 4.09. The molecule has 1 aliphatic rings. The smallest absolute Gasteiger partial charge is 0.229 e. The Morgan fingerprint density at radius 1 is 1.22 bits per heavy atom. The van der Waals surface area contributed by atoms with Crippen molar-refractivity contribution in [3.8, 4) is 5.69 Å². The molecule has 2 heterocycles. The van der Waals surface area contributed by atoms with Gasteiger partial charge >= 0.3 is 0 Å². The molecule has 3 aromatic rings. The van der Waals surface area contributed by atoms with Crippen molar-refractivity contribution in [1.29, 1.82) is 0 Å². The lowest BCUT2D eigenvalue weighted by Crippen LogP contribution is -2.14. The zero-order chi connectivity index (χ0) is 15.6. The first-order valence-corrected chi connectivity index (χ1v) is 7.85. The predicted octanol–water partition coefficient (Wildman–Crippen LogP) is 3.26. The maximum atomic E-state index is 12.1. The topological polar surface area (TPSA) is 62.7 Å². The summed E-state index contributed by atoms with van der Waals surface area (Å²) in [5.41, 5.74) is 3.19. The number of rotatable bonds is 5. The average molecular weight is 306 g/mol. The minimum Gasteiger partial charge on any atom is -0.324 e. The van der Waals surface area contributed by atoms with Crippen molar-refractivity contribution in [1.82, 2.24) is 14.8 Å². The quantitative estimate of drug-likeness (QED) is 0.760. The monoisotopic (exact) mass is 306 g/mol. The van der Waals surface area contributed by atoms with Gasteiger partial charge in [0, 0.05) is 35.8 Å². The number of aromatic amines is 1. The van der Waals surface area contributed by atoms with Crippen LogP contribution in [0.15, 0.2) is 54.9 Å². The van der Waals surface area contributed by atoms with Gasteiger partial charge < -0.3 is 9.88 Å². The molecule has 23 heavy (non-hydrogen) atoms. The molecule has 0 atom stereocenters. The predicted molar refractivity (Wildman–Crippen MR) is 88.7 cm³/mol. The molecule has 0 bridgehead atoms. The lowest BCUT2D eigenvalue weighted by molar-refractivity contribution is -0.115. The summed E-state index contributed by atoms with van der Waals surface area (Å²) in [6, 6.07) is 13.9. The number of aromatic nitrogens is 3. The molecule has 0 saturated heterocycles. The molecule has 1 amide bonds. The standard InChI is InChI=1S/C18H18N4O/c23-18(19-17-12-16(20-21-17)14-5-6-14)11-13-3-7-15(8-4-13)22-9-1-2-10-22/h1-4,7-10,12,14H,5-6,11H2,(H2,19,20,21,23). The van der Waals surface area contributed by atoms with Gasteiger partial charge in [-0.25, -0.2) is 0 Å². The average Bonchev–Trinajstić information content (AvgIpc) is 3.07. The normalized spacial score (nSPS) is 13.9. The lowest BCUT2D eigenvalue weighted by atomic mass is 10.1. The van der Waals surface area contributed by atoms with Crippen molar-refractivity contribution in [2.24, 2.45) is 0 Å². The number of anilines is 1. The number of amides is 1. The minimum atomic E-state index is -0.0486. The molecule has 1 aromatic carbocycles. The van der Waals surface area contributed by atoms with Crippen molar-refractivity contribution in [2.45, 2.75) is 25.2 Å². The van der Waals surface area contributed by atoms with E-state index in [2.05, 4.69) is 15.5 Å². The van der Waals surface area contributed by atoms with E-state index in [4.69, 9.17) is 0 Å². The van der Waals surface area contributed by atoms with Crippen LogP contribution in [0.1, 0.15) is 30.0 Å². The Kier molecular flexibility index (Phi) is 3.46. The van der Waals surface area contributed by atoms with Crippen LogP contribution in [0.3, 0.4) is 0 Å². The zero-order valence-electron chi connectivity index (χ0n) is 12.7. The zero-order valence-corrected chi connectivity index (χ0v) is 12.7. The van der Waals surface area contributed by atoms with Gasteiger partial charge in [-0.05, 0) is 42.7 Å². The SMILES string of the molecule is O=C(Cc1ccc(-n2cccc2)cc1)Nc1cc(C2CC2)[nH]n1. The maximum absolute atomic E-state index is 12.1. The van der Waals surface area contributed by atoms with Gasteiger partial charge in [0.15, 0.2) is 5.82 Å². The summed E-state index contributed by atoms with van der Waals surface area (Å²) in [6.07, 6.45) is 6.76. The summed E-state index contributed by atoms with van der Waals surface area (Å²) in [4.78, 5) is 12.1. The van der Waals surface area contributed by atoms with E-state index in [0.29, 0.717) is 18.2 Å². The van der Waals surface area contributed by atoms with E-state index in [1.54, 1.807) is 0 Å². The number of benzene rings is 1. The fourth-order valence-corrected chi connectivity index (χ4v) is 2.67. The third-order valence-electron chi connectivity index (χ3n) is 4.09. The van der Waals surface area contributed by atoms with Crippen LogP contribution in [0.4, 0.5) is 5.82 Å². The number of carbonyl (C=O) groups is 1. The van der Waals surface area contributed by atoms with Crippen LogP contribution in [0.2, 0.25) is 0 Å². The van der Waals surface area contributed by atoms with Crippen molar-refractivity contribution in [3.05, 3.63) is 66.1 Å². The molecule has 2 N–H and O–H groups in total. The fourth-order valence-electron chi connectivity index (χ4n) is 2.67. The highest BCUT2D eigenvalue weighted by molar-refractivity contribution is 5.91. The summed E-state index contributed by atoms with van der Waals surface area (Å²) in [5.74, 6) is 1.17. The second-order valence-electron chi connectivity index (χ2n) is 5.96. The molecular formula is C18H18N4O. The summed E-state index contributed by atoms with van der Waals surface area (Å²) in [6.45, 7) is 0. The fraction of sp³-hybridized carbons (Fsp3) is 0.222. The molecule has 5 nitrogen and oxygen atoms in total. The van der Waals surface area contributed by atoms with E-state index < -0.39 is 0 Å². The summed E-state index contributed by atoms with van der Waals surface area (Å²) < 4.78 is 2.03. The summed E-state index contributed by atoms with van der Waals surface area (Å²) in [5, 5.41) is 9.99. The highest BCUT2D eigenvalue weighted by atomic mass is 16.1. The van der Waals surface area contributed by atoms with Gasteiger partial charge in [0.2, 0.25) is 5.91 Å². The Labute approximate surface area is 134 Å². The first kappa shape index (κ1) is 13.8. The van der Waals surface area contributed by atoms with Crippen LogP contribution >= 0.6 is 0 Å². The third kappa shape index (κ3) is 3.18. The van der Waals surface area contributed by atoms with Gasteiger partial charge in [0.1, 0.15) is 0 Å². The number of nitrogens with zero attached hydrogens (tertiary/aromatic N) is 2. The van der Waals surface area contributed by atoms with Gasteiger partial charge in [-0.15, -0.1) is 0 Å². The van der Waals surface area contributed by atoms with E-state index in [1.807, 2.05) is 59.4 Å². The highest BCUT2D eigenvalue weighted by Gasteiger charge is 2.25. The Bertz CT molecular complexity index is 798. The van der Waals surface area contributed by atoms with E-state index in [-0.39, 0.29) is 5.91 Å². The van der Waals surface area contributed by atoms with E-state index in [1.165, 1.54) is 12.8 Å². The van der Waals surface area contributed by atoms with Crippen molar-refractivity contribution in [2.75, 3.05) is 5.32 Å². The number of H-pyrrole nitrogens is 1. The lowest BCUT2D eigenvalue weighted by Gasteiger charge is -2.05. The van der Waals surface area contributed by atoms with Crippen molar-refractivity contribution >= 4 is 11.7 Å². The number of hydrogen-bond donors (Lipinski definition) is 2. The second-order valence-corrected chi connectivity index (χ2v) is 5.96. The van der Waals surface area contributed by atoms with Crippen LogP contribution in [0, 0.1) is 0 Å². The van der Waals surface area contributed by atoms with Gasteiger partial charge in [-0.2, -0.15) is 5.10 Å². The van der Waals surface area contributed by atoms with Gasteiger partial charge in [-0.3, -0.25) is 9.89 Å². The van der Waals surface area contributed by atoms with Crippen LogP contribution in [-0.4, -0.2) is 20.7 Å². The van der Waals surface area contributed by atoms with Crippen LogP contribution in [-0.2, 0) is 11.2 Å². The van der Waals surface area contributed by atoms with Crippen molar-refractivity contribution < 1.29 is 4.79 Å². The van der Waals surface area contributed by atoms with Gasteiger partial charge in [0.25, 0.3) is 0 Å². The molecule has 1 fully saturated rings. The molecule has 0 spiro atoms. The summed E-state index contributed by atoms with van der Waals surface area (Å²) >= 11 is 0. The molecule has 1 saturated carbocycles. The van der Waals surface area contributed by atoms with Crippen LogP contribution < -0.4 is 5.32 Å². The van der Waals surface area contributed by atoms with Gasteiger partial charge in [-0.1, -0.05) is 12.1 Å². The molecule has 116 valence electrons. The van der Waals surface area contributed by atoms with Crippen LogP contribution in [0.5, 0.6) is 0 Å². The van der Waals surface area contributed by atoms with E-state index in [0.717, 1.165) is 16.9 Å². The molecule has 5 heteroatoms.